The molecule has 0 saturated heterocycles. The first-order valence-corrected chi connectivity index (χ1v) is 8.77. The SMILES string of the molecule is CNC(=O)Nc1ccc(NC(=O)CCc2ccc(-c3ccccc3F)o2)cc1. The largest absolute Gasteiger partial charge is 0.461 e. The summed E-state index contributed by atoms with van der Waals surface area (Å²) in [4.78, 5) is 23.4. The lowest BCUT2D eigenvalue weighted by atomic mass is 10.1. The van der Waals surface area contributed by atoms with Gasteiger partial charge in [-0.15, -0.1) is 0 Å². The number of halogens is 1. The van der Waals surface area contributed by atoms with Crippen molar-refractivity contribution in [3.8, 4) is 11.3 Å². The van der Waals surface area contributed by atoms with Gasteiger partial charge in [-0.2, -0.15) is 0 Å². The van der Waals surface area contributed by atoms with Gasteiger partial charge < -0.3 is 20.4 Å². The summed E-state index contributed by atoms with van der Waals surface area (Å²) in [5, 5.41) is 7.88. The highest BCUT2D eigenvalue weighted by Crippen LogP contribution is 2.25. The molecule has 7 heteroatoms. The fraction of sp³-hybridized carbons (Fsp3) is 0.143. The van der Waals surface area contributed by atoms with Crippen molar-refractivity contribution in [2.75, 3.05) is 17.7 Å². The minimum Gasteiger partial charge on any atom is -0.461 e. The van der Waals surface area contributed by atoms with Crippen LogP contribution < -0.4 is 16.0 Å². The number of benzene rings is 2. The van der Waals surface area contributed by atoms with Crippen LogP contribution in [0.3, 0.4) is 0 Å². The smallest absolute Gasteiger partial charge is 0.318 e. The van der Waals surface area contributed by atoms with Gasteiger partial charge in [0.05, 0.1) is 5.56 Å². The Labute approximate surface area is 161 Å². The Morgan fingerprint density at radius 2 is 1.61 bits per heavy atom. The maximum absolute atomic E-state index is 13.8. The summed E-state index contributed by atoms with van der Waals surface area (Å²) >= 11 is 0. The zero-order valence-corrected chi connectivity index (χ0v) is 15.3. The lowest BCUT2D eigenvalue weighted by Crippen LogP contribution is -2.24. The molecule has 0 fully saturated rings. The lowest BCUT2D eigenvalue weighted by molar-refractivity contribution is -0.116. The first-order valence-electron chi connectivity index (χ1n) is 8.77. The van der Waals surface area contributed by atoms with Gasteiger partial charge in [0.25, 0.3) is 0 Å². The third-order valence-corrected chi connectivity index (χ3v) is 4.05. The van der Waals surface area contributed by atoms with Crippen LogP contribution in [0, 0.1) is 5.82 Å². The zero-order chi connectivity index (χ0) is 19.9. The number of hydrogen-bond donors (Lipinski definition) is 3. The summed E-state index contributed by atoms with van der Waals surface area (Å²) in [6.45, 7) is 0. The molecule has 0 atom stereocenters. The predicted octanol–water partition coefficient (Wildman–Crippen LogP) is 4.41. The fourth-order valence-corrected chi connectivity index (χ4v) is 2.61. The number of furan rings is 1. The number of urea groups is 1. The molecule has 0 unspecified atom stereocenters. The molecular formula is C21H20FN3O3. The van der Waals surface area contributed by atoms with E-state index in [-0.39, 0.29) is 24.2 Å². The van der Waals surface area contributed by atoms with E-state index in [1.54, 1.807) is 54.6 Å². The van der Waals surface area contributed by atoms with Gasteiger partial charge in [0.2, 0.25) is 5.91 Å². The van der Waals surface area contributed by atoms with Gasteiger partial charge >= 0.3 is 6.03 Å². The molecule has 1 aromatic heterocycles. The first-order chi connectivity index (χ1) is 13.5. The normalized spacial score (nSPS) is 10.4. The van der Waals surface area contributed by atoms with E-state index in [0.29, 0.717) is 34.9 Å². The molecule has 0 radical (unpaired) electrons. The molecule has 3 amide bonds. The third-order valence-electron chi connectivity index (χ3n) is 4.05. The van der Waals surface area contributed by atoms with Gasteiger partial charge in [-0.1, -0.05) is 12.1 Å². The Morgan fingerprint density at radius 1 is 0.929 bits per heavy atom. The van der Waals surface area contributed by atoms with Crippen molar-refractivity contribution in [3.05, 3.63) is 72.2 Å². The van der Waals surface area contributed by atoms with Gasteiger partial charge in [0.1, 0.15) is 17.3 Å². The quantitative estimate of drug-likeness (QED) is 0.591. The minimum atomic E-state index is -0.351. The van der Waals surface area contributed by atoms with Crippen LogP contribution in [-0.2, 0) is 11.2 Å². The van der Waals surface area contributed by atoms with E-state index < -0.39 is 0 Å². The summed E-state index contributed by atoms with van der Waals surface area (Å²) in [6, 6.07) is 16.3. The van der Waals surface area contributed by atoms with Gasteiger partial charge in [-0.05, 0) is 48.5 Å². The number of aryl methyl sites for hydroxylation is 1. The lowest BCUT2D eigenvalue weighted by Gasteiger charge is -2.07. The second-order valence-corrected chi connectivity index (χ2v) is 6.08. The van der Waals surface area contributed by atoms with E-state index in [9.17, 15) is 14.0 Å². The molecule has 1 heterocycles. The molecule has 3 aromatic rings. The summed E-state index contributed by atoms with van der Waals surface area (Å²) in [7, 11) is 1.53. The van der Waals surface area contributed by atoms with Crippen molar-refractivity contribution in [2.45, 2.75) is 12.8 Å². The van der Waals surface area contributed by atoms with E-state index in [2.05, 4.69) is 16.0 Å². The van der Waals surface area contributed by atoms with Gasteiger partial charge in [0, 0.05) is 31.3 Å². The fourth-order valence-electron chi connectivity index (χ4n) is 2.61. The van der Waals surface area contributed by atoms with Crippen LogP contribution in [0.2, 0.25) is 0 Å². The molecule has 2 aromatic carbocycles. The number of hydrogen-bond acceptors (Lipinski definition) is 3. The van der Waals surface area contributed by atoms with Crippen LogP contribution in [0.1, 0.15) is 12.2 Å². The maximum Gasteiger partial charge on any atom is 0.318 e. The molecule has 3 rings (SSSR count). The summed E-state index contributed by atoms with van der Waals surface area (Å²) in [5.41, 5.74) is 1.64. The molecule has 6 nitrogen and oxygen atoms in total. The molecular weight excluding hydrogens is 361 g/mol. The van der Waals surface area contributed by atoms with Crippen LogP contribution in [0.4, 0.5) is 20.6 Å². The van der Waals surface area contributed by atoms with E-state index in [1.165, 1.54) is 13.1 Å². The zero-order valence-electron chi connectivity index (χ0n) is 15.3. The predicted molar refractivity (Wildman–Crippen MR) is 106 cm³/mol. The molecule has 0 bridgehead atoms. The number of rotatable bonds is 6. The Balaban J connectivity index is 1.52. The van der Waals surface area contributed by atoms with Crippen molar-refractivity contribution in [1.82, 2.24) is 5.32 Å². The van der Waals surface area contributed by atoms with Crippen molar-refractivity contribution in [1.29, 1.82) is 0 Å². The van der Waals surface area contributed by atoms with Crippen LogP contribution >= 0.6 is 0 Å². The first kappa shape index (κ1) is 19.2. The minimum absolute atomic E-state index is 0.171. The summed E-state index contributed by atoms with van der Waals surface area (Å²) in [6.07, 6.45) is 0.624. The highest BCUT2D eigenvalue weighted by Gasteiger charge is 2.11. The Bertz CT molecular complexity index is 967. The molecule has 0 spiro atoms. The maximum atomic E-state index is 13.8. The number of nitrogens with one attached hydrogen (secondary N) is 3. The monoisotopic (exact) mass is 381 g/mol. The second kappa shape index (κ2) is 8.85. The highest BCUT2D eigenvalue weighted by molar-refractivity contribution is 5.92. The Hall–Kier alpha value is -3.61. The van der Waals surface area contributed by atoms with Crippen LogP contribution in [-0.4, -0.2) is 19.0 Å². The average Bonchev–Trinajstić information content (AvgIpc) is 3.17. The van der Waals surface area contributed by atoms with Crippen LogP contribution in [0.15, 0.2) is 65.1 Å². The van der Waals surface area contributed by atoms with Crippen LogP contribution in [0.25, 0.3) is 11.3 Å². The second-order valence-electron chi connectivity index (χ2n) is 6.08. The molecule has 0 aliphatic heterocycles. The third kappa shape index (κ3) is 4.97. The Morgan fingerprint density at radius 3 is 2.29 bits per heavy atom. The molecule has 0 aliphatic rings. The molecule has 0 saturated carbocycles. The average molecular weight is 381 g/mol. The highest BCUT2D eigenvalue weighted by atomic mass is 19.1. The van der Waals surface area contributed by atoms with Crippen LogP contribution in [0.5, 0.6) is 0 Å². The van der Waals surface area contributed by atoms with E-state index in [4.69, 9.17) is 4.42 Å². The van der Waals surface area contributed by atoms with Gasteiger partial charge in [-0.3, -0.25) is 4.79 Å². The van der Waals surface area contributed by atoms with Gasteiger partial charge in [0.15, 0.2) is 0 Å². The molecule has 28 heavy (non-hydrogen) atoms. The molecule has 0 aliphatic carbocycles. The number of carbonyl (C=O) groups excluding carboxylic acids is 2. The molecule has 3 N–H and O–H groups in total. The van der Waals surface area contributed by atoms with E-state index in [0.717, 1.165) is 0 Å². The van der Waals surface area contributed by atoms with Gasteiger partial charge in [-0.25, -0.2) is 9.18 Å². The van der Waals surface area contributed by atoms with Crippen molar-refractivity contribution >= 4 is 23.3 Å². The topological polar surface area (TPSA) is 83.4 Å². The van der Waals surface area contributed by atoms with Crippen molar-refractivity contribution in [3.63, 3.8) is 0 Å². The Kier molecular flexibility index (Phi) is 6.06. The molecule has 144 valence electrons. The van der Waals surface area contributed by atoms with E-state index in [1.807, 2.05) is 0 Å². The standard InChI is InChI=1S/C21H20FN3O3/c1-23-21(27)25-15-8-6-14(7-9-15)24-20(26)13-11-16-10-12-19(28-16)17-4-2-3-5-18(17)22/h2-10,12H,11,13H2,1H3,(H,24,26)(H2,23,25,27). The number of carbonyl (C=O) groups is 2. The summed E-state index contributed by atoms with van der Waals surface area (Å²) in [5.74, 6) is 0.526. The summed E-state index contributed by atoms with van der Waals surface area (Å²) < 4.78 is 19.5. The van der Waals surface area contributed by atoms with Crippen molar-refractivity contribution < 1.29 is 18.4 Å². The number of amides is 3. The number of anilines is 2. The van der Waals surface area contributed by atoms with E-state index >= 15 is 0 Å². The van der Waals surface area contributed by atoms with Crippen molar-refractivity contribution in [2.24, 2.45) is 0 Å².